The van der Waals surface area contributed by atoms with Crippen molar-refractivity contribution in [2.45, 2.75) is 40.2 Å². The van der Waals surface area contributed by atoms with E-state index in [1.807, 2.05) is 6.07 Å². The Balaban J connectivity index is 1.88. The quantitative estimate of drug-likeness (QED) is 0.793. The third kappa shape index (κ3) is 2.05. The minimum absolute atomic E-state index is 0.227. The summed E-state index contributed by atoms with van der Waals surface area (Å²) in [4.78, 5) is 0. The van der Waals surface area contributed by atoms with Crippen molar-refractivity contribution in [3.8, 4) is 5.75 Å². The molecule has 2 atom stereocenters. The van der Waals surface area contributed by atoms with Gasteiger partial charge in [0.25, 0.3) is 0 Å². The first-order valence-corrected chi connectivity index (χ1v) is 7.88. The molecule has 2 aliphatic rings. The van der Waals surface area contributed by atoms with Crippen LogP contribution in [0.1, 0.15) is 45.8 Å². The van der Waals surface area contributed by atoms with E-state index in [1.54, 1.807) is 0 Å². The van der Waals surface area contributed by atoms with E-state index in [1.165, 1.54) is 12.0 Å². The van der Waals surface area contributed by atoms with Gasteiger partial charge >= 0.3 is 0 Å². The van der Waals surface area contributed by atoms with Crippen LogP contribution in [0.15, 0.2) is 24.3 Å². The summed E-state index contributed by atoms with van der Waals surface area (Å²) in [5.41, 5.74) is 1.53. The molecule has 20 heavy (non-hydrogen) atoms. The maximum atomic E-state index is 6.37. The SMILES string of the molecule is CC(C)C1(C(C)C)CO[C@@H]2c3ccccc3OC[C@H]2C1. The highest BCUT2D eigenvalue weighted by Crippen LogP contribution is 2.52. The van der Waals surface area contributed by atoms with Gasteiger partial charge in [-0.05, 0) is 29.7 Å². The first-order chi connectivity index (χ1) is 9.54. The van der Waals surface area contributed by atoms with Gasteiger partial charge in [0.15, 0.2) is 0 Å². The van der Waals surface area contributed by atoms with E-state index in [4.69, 9.17) is 9.47 Å². The van der Waals surface area contributed by atoms with E-state index < -0.39 is 0 Å². The van der Waals surface area contributed by atoms with Crippen molar-refractivity contribution in [1.29, 1.82) is 0 Å². The third-order valence-corrected chi connectivity index (χ3v) is 5.58. The second-order valence-corrected chi connectivity index (χ2v) is 7.09. The number of para-hydroxylation sites is 1. The standard InChI is InChI=1S/C18H26O2/c1-12(2)18(13(3)4)9-14-10-19-16-8-6-5-7-15(16)17(14)20-11-18/h5-8,12-14,17H,9-11H2,1-4H3/t14-,17+/m1/s1. The molecule has 2 heteroatoms. The molecule has 0 radical (unpaired) electrons. The Morgan fingerprint density at radius 3 is 2.50 bits per heavy atom. The van der Waals surface area contributed by atoms with E-state index in [2.05, 4.69) is 45.9 Å². The fourth-order valence-electron chi connectivity index (χ4n) is 4.04. The molecular weight excluding hydrogens is 248 g/mol. The van der Waals surface area contributed by atoms with Crippen LogP contribution in [0.3, 0.4) is 0 Å². The van der Waals surface area contributed by atoms with Crippen LogP contribution in [0, 0.1) is 23.2 Å². The zero-order valence-corrected chi connectivity index (χ0v) is 13.1. The highest BCUT2D eigenvalue weighted by molar-refractivity contribution is 5.37. The lowest BCUT2D eigenvalue weighted by molar-refractivity contribution is -0.151. The molecule has 0 unspecified atom stereocenters. The van der Waals surface area contributed by atoms with E-state index >= 15 is 0 Å². The third-order valence-electron chi connectivity index (χ3n) is 5.58. The van der Waals surface area contributed by atoms with Gasteiger partial charge in [-0.2, -0.15) is 0 Å². The summed E-state index contributed by atoms with van der Waals surface area (Å²) in [7, 11) is 0. The summed E-state index contributed by atoms with van der Waals surface area (Å²) >= 11 is 0. The monoisotopic (exact) mass is 274 g/mol. The van der Waals surface area contributed by atoms with Gasteiger partial charge < -0.3 is 9.47 Å². The predicted octanol–water partition coefficient (Wildman–Crippen LogP) is 4.46. The number of ether oxygens (including phenoxy) is 2. The summed E-state index contributed by atoms with van der Waals surface area (Å²) in [6.07, 6.45) is 1.44. The Morgan fingerprint density at radius 2 is 1.80 bits per heavy atom. The highest BCUT2D eigenvalue weighted by atomic mass is 16.5. The Hall–Kier alpha value is -1.02. The molecule has 0 N–H and O–H groups in total. The van der Waals surface area contributed by atoms with Crippen LogP contribution < -0.4 is 4.74 Å². The molecule has 2 heterocycles. The smallest absolute Gasteiger partial charge is 0.125 e. The molecule has 1 aromatic carbocycles. The molecule has 1 fully saturated rings. The fraction of sp³-hybridized carbons (Fsp3) is 0.667. The van der Waals surface area contributed by atoms with Gasteiger partial charge in [0.2, 0.25) is 0 Å². The van der Waals surface area contributed by atoms with Gasteiger partial charge in [-0.25, -0.2) is 0 Å². The van der Waals surface area contributed by atoms with Gasteiger partial charge in [-0.3, -0.25) is 0 Å². The van der Waals surface area contributed by atoms with Gasteiger partial charge in [-0.1, -0.05) is 45.9 Å². The zero-order chi connectivity index (χ0) is 14.3. The minimum atomic E-state index is 0.227. The molecule has 0 aromatic heterocycles. The van der Waals surface area contributed by atoms with E-state index in [0.717, 1.165) is 19.0 Å². The van der Waals surface area contributed by atoms with E-state index in [9.17, 15) is 0 Å². The number of rotatable bonds is 2. The summed E-state index contributed by atoms with van der Waals surface area (Å²) in [6, 6.07) is 8.33. The zero-order valence-electron chi connectivity index (χ0n) is 13.1. The van der Waals surface area contributed by atoms with Gasteiger partial charge in [0.05, 0.1) is 19.3 Å². The van der Waals surface area contributed by atoms with Crippen molar-refractivity contribution in [3.05, 3.63) is 29.8 Å². The second-order valence-electron chi connectivity index (χ2n) is 7.09. The Morgan fingerprint density at radius 1 is 1.10 bits per heavy atom. The molecule has 3 rings (SSSR count). The largest absolute Gasteiger partial charge is 0.493 e. The number of fused-ring (bicyclic) bond motifs is 3. The molecule has 0 spiro atoms. The molecule has 1 saturated heterocycles. The molecule has 0 saturated carbocycles. The lowest BCUT2D eigenvalue weighted by Crippen LogP contribution is -2.47. The topological polar surface area (TPSA) is 18.5 Å². The van der Waals surface area contributed by atoms with Crippen LogP contribution in [0.4, 0.5) is 0 Å². The van der Waals surface area contributed by atoms with Crippen LogP contribution in [-0.2, 0) is 4.74 Å². The van der Waals surface area contributed by atoms with Gasteiger partial charge in [-0.15, -0.1) is 0 Å². The van der Waals surface area contributed by atoms with Crippen LogP contribution in [0.25, 0.3) is 0 Å². The average Bonchev–Trinajstić information content (AvgIpc) is 2.46. The summed E-state index contributed by atoms with van der Waals surface area (Å²) in [5.74, 6) is 2.78. The molecule has 1 aromatic rings. The second kappa shape index (κ2) is 5.07. The molecule has 110 valence electrons. The maximum Gasteiger partial charge on any atom is 0.125 e. The molecular formula is C18H26O2. The summed E-state index contributed by atoms with van der Waals surface area (Å²) in [6.45, 7) is 11.0. The van der Waals surface area contributed by atoms with Crippen LogP contribution in [0.2, 0.25) is 0 Å². The highest BCUT2D eigenvalue weighted by Gasteiger charge is 2.47. The lowest BCUT2D eigenvalue weighted by Gasteiger charge is -2.51. The van der Waals surface area contributed by atoms with E-state index in [-0.39, 0.29) is 11.5 Å². The van der Waals surface area contributed by atoms with Gasteiger partial charge in [0, 0.05) is 11.5 Å². The molecule has 0 bridgehead atoms. The van der Waals surface area contributed by atoms with Crippen molar-refractivity contribution in [2.75, 3.05) is 13.2 Å². The fourth-order valence-corrected chi connectivity index (χ4v) is 4.04. The Bertz CT molecular complexity index is 470. The van der Waals surface area contributed by atoms with Gasteiger partial charge in [0.1, 0.15) is 5.75 Å². The van der Waals surface area contributed by atoms with Crippen LogP contribution >= 0.6 is 0 Å². The Labute approximate surface area is 122 Å². The molecule has 0 aliphatic carbocycles. The maximum absolute atomic E-state index is 6.37. The molecule has 2 aliphatic heterocycles. The van der Waals surface area contributed by atoms with Crippen LogP contribution in [-0.4, -0.2) is 13.2 Å². The predicted molar refractivity (Wildman–Crippen MR) is 80.8 cm³/mol. The summed E-state index contributed by atoms with van der Waals surface area (Å²) < 4.78 is 12.3. The normalized spacial score (nSPS) is 27.9. The van der Waals surface area contributed by atoms with E-state index in [0.29, 0.717) is 17.8 Å². The van der Waals surface area contributed by atoms with Crippen molar-refractivity contribution in [2.24, 2.45) is 23.2 Å². The van der Waals surface area contributed by atoms with Crippen LogP contribution in [0.5, 0.6) is 5.75 Å². The number of hydrogen-bond acceptors (Lipinski definition) is 2. The van der Waals surface area contributed by atoms with Crippen molar-refractivity contribution in [3.63, 3.8) is 0 Å². The van der Waals surface area contributed by atoms with Crippen molar-refractivity contribution in [1.82, 2.24) is 0 Å². The minimum Gasteiger partial charge on any atom is -0.493 e. The van der Waals surface area contributed by atoms with Crippen molar-refractivity contribution < 1.29 is 9.47 Å². The average molecular weight is 274 g/mol. The first kappa shape index (κ1) is 13.9. The first-order valence-electron chi connectivity index (χ1n) is 7.88. The summed E-state index contributed by atoms with van der Waals surface area (Å²) in [5, 5.41) is 0. The number of hydrogen-bond donors (Lipinski definition) is 0. The Kier molecular flexibility index (Phi) is 3.53. The number of benzene rings is 1. The molecule has 0 amide bonds. The molecule has 2 nitrogen and oxygen atoms in total. The van der Waals surface area contributed by atoms with Crippen molar-refractivity contribution >= 4 is 0 Å². The lowest BCUT2D eigenvalue weighted by atomic mass is 9.62.